The number of aliphatic hydroxyl groups is 1. The van der Waals surface area contributed by atoms with Gasteiger partial charge in [-0.1, -0.05) is 42.5 Å². The zero-order chi connectivity index (χ0) is 24.8. The minimum Gasteiger partial charge on any atom is -0.508 e. The number of ether oxygens (including phenoxy) is 2. The van der Waals surface area contributed by atoms with Crippen molar-refractivity contribution >= 4 is 17.4 Å². The Hall–Kier alpha value is -4.10. The van der Waals surface area contributed by atoms with Gasteiger partial charge in [0.05, 0.1) is 11.6 Å². The molecule has 3 aromatic rings. The number of aromatic hydroxyl groups is 1. The number of hydrogen-bond acceptors (Lipinski definition) is 6. The number of rotatable bonds is 9. The molecule has 0 bridgehead atoms. The summed E-state index contributed by atoms with van der Waals surface area (Å²) in [6.45, 7) is 1.11. The van der Waals surface area contributed by atoms with Crippen molar-refractivity contribution < 1.29 is 29.3 Å². The smallest absolute Gasteiger partial charge is 0.295 e. The lowest BCUT2D eigenvalue weighted by molar-refractivity contribution is -0.140. The molecule has 0 radical (unpaired) electrons. The first kappa shape index (κ1) is 24.0. The van der Waals surface area contributed by atoms with E-state index in [1.165, 1.54) is 17.0 Å². The van der Waals surface area contributed by atoms with Gasteiger partial charge in [-0.15, -0.1) is 0 Å². The number of likely N-dealkylation sites (tertiary alicyclic amines) is 1. The van der Waals surface area contributed by atoms with Gasteiger partial charge in [0.25, 0.3) is 11.7 Å². The third-order valence-corrected chi connectivity index (χ3v) is 5.87. The molecule has 1 amide bonds. The minimum absolute atomic E-state index is 0.0102. The molecule has 4 rings (SSSR count). The number of amides is 1. The van der Waals surface area contributed by atoms with Crippen LogP contribution in [0.15, 0.2) is 84.4 Å². The molecule has 0 unspecified atom stereocenters. The highest BCUT2D eigenvalue weighted by Gasteiger charge is 2.45. The van der Waals surface area contributed by atoms with Crippen molar-refractivity contribution in [2.24, 2.45) is 0 Å². The summed E-state index contributed by atoms with van der Waals surface area (Å²) in [7, 11) is 1.57. The molecule has 1 saturated heterocycles. The van der Waals surface area contributed by atoms with E-state index in [-0.39, 0.29) is 23.6 Å². The molecule has 35 heavy (non-hydrogen) atoms. The Balaban J connectivity index is 1.63. The number of ketones is 1. The van der Waals surface area contributed by atoms with E-state index in [2.05, 4.69) is 0 Å². The molecule has 1 fully saturated rings. The fourth-order valence-corrected chi connectivity index (χ4v) is 4.10. The highest BCUT2D eigenvalue weighted by atomic mass is 16.5. The van der Waals surface area contributed by atoms with Crippen LogP contribution in [0.25, 0.3) is 5.76 Å². The van der Waals surface area contributed by atoms with E-state index in [1.807, 2.05) is 30.3 Å². The molecule has 3 aromatic carbocycles. The van der Waals surface area contributed by atoms with Crippen molar-refractivity contribution in [2.75, 3.05) is 20.3 Å². The topological polar surface area (TPSA) is 96.3 Å². The number of methoxy groups -OCH3 is 1. The van der Waals surface area contributed by atoms with E-state index in [4.69, 9.17) is 9.47 Å². The first-order valence-electron chi connectivity index (χ1n) is 11.3. The normalized spacial score (nSPS) is 17.1. The molecule has 2 N–H and O–H groups in total. The quantitative estimate of drug-likeness (QED) is 0.207. The molecular formula is C28H27NO6. The lowest BCUT2D eigenvalue weighted by atomic mass is 9.95. The second-order valence-electron chi connectivity index (χ2n) is 8.23. The van der Waals surface area contributed by atoms with Crippen LogP contribution >= 0.6 is 0 Å². The first-order valence-corrected chi connectivity index (χ1v) is 11.3. The van der Waals surface area contributed by atoms with Gasteiger partial charge in [-0.3, -0.25) is 9.59 Å². The number of nitrogens with zero attached hydrogens (tertiary/aromatic N) is 1. The van der Waals surface area contributed by atoms with Crippen LogP contribution in [-0.4, -0.2) is 47.1 Å². The largest absolute Gasteiger partial charge is 0.508 e. The van der Waals surface area contributed by atoms with Crippen LogP contribution in [0, 0.1) is 0 Å². The predicted octanol–water partition coefficient (Wildman–Crippen LogP) is 4.43. The summed E-state index contributed by atoms with van der Waals surface area (Å²) in [6, 6.07) is 22.0. The first-order chi connectivity index (χ1) is 17.0. The van der Waals surface area contributed by atoms with Crippen molar-refractivity contribution in [1.82, 2.24) is 4.90 Å². The third-order valence-electron chi connectivity index (χ3n) is 5.87. The van der Waals surface area contributed by atoms with Crippen molar-refractivity contribution in [2.45, 2.75) is 19.1 Å². The molecule has 7 heteroatoms. The fraction of sp³-hybridized carbons (Fsp3) is 0.214. The maximum atomic E-state index is 13.0. The summed E-state index contributed by atoms with van der Waals surface area (Å²) in [5.41, 5.74) is 2.05. The average molecular weight is 474 g/mol. The molecule has 7 nitrogen and oxygen atoms in total. The number of phenols is 1. The second kappa shape index (κ2) is 10.9. The maximum absolute atomic E-state index is 13.0. The zero-order valence-corrected chi connectivity index (χ0v) is 19.4. The zero-order valence-electron chi connectivity index (χ0n) is 19.4. The SMILES string of the molecule is COCCCN1C(=O)C(=O)C(=C(O)c2ccc(OCc3ccccc3)cc2)[C@@H]1c1ccc(O)cc1. The van der Waals surface area contributed by atoms with Gasteiger partial charge < -0.3 is 24.6 Å². The number of aliphatic hydroxyl groups excluding tert-OH is 1. The Morgan fingerprint density at radius 3 is 2.29 bits per heavy atom. The van der Waals surface area contributed by atoms with Gasteiger partial charge in [0, 0.05) is 25.8 Å². The number of benzene rings is 3. The Labute approximate surface area is 203 Å². The van der Waals surface area contributed by atoms with Gasteiger partial charge >= 0.3 is 0 Å². The van der Waals surface area contributed by atoms with Crippen LogP contribution in [0.4, 0.5) is 0 Å². The van der Waals surface area contributed by atoms with Gasteiger partial charge in [-0.05, 0) is 53.9 Å². The molecule has 1 atom stereocenters. The number of carbonyl (C=O) groups is 2. The second-order valence-corrected chi connectivity index (χ2v) is 8.23. The van der Waals surface area contributed by atoms with Crippen molar-refractivity contribution in [3.8, 4) is 11.5 Å². The summed E-state index contributed by atoms with van der Waals surface area (Å²) in [5.74, 6) is -1.01. The van der Waals surface area contributed by atoms with E-state index >= 15 is 0 Å². The van der Waals surface area contributed by atoms with Crippen LogP contribution in [0.2, 0.25) is 0 Å². The van der Waals surface area contributed by atoms with Gasteiger partial charge in [-0.2, -0.15) is 0 Å². The van der Waals surface area contributed by atoms with Crippen molar-refractivity contribution in [3.05, 3.63) is 101 Å². The predicted molar refractivity (Wildman–Crippen MR) is 131 cm³/mol. The minimum atomic E-state index is -0.776. The number of Topliss-reactive ketones (excluding diaryl/α,β-unsaturated/α-hetero) is 1. The third kappa shape index (κ3) is 5.36. The summed E-state index contributed by atoms with van der Waals surface area (Å²) in [4.78, 5) is 27.4. The fourth-order valence-electron chi connectivity index (χ4n) is 4.10. The average Bonchev–Trinajstić information content (AvgIpc) is 3.13. The van der Waals surface area contributed by atoms with E-state index in [0.29, 0.717) is 36.5 Å². The summed E-state index contributed by atoms with van der Waals surface area (Å²) < 4.78 is 10.9. The Morgan fingerprint density at radius 1 is 0.943 bits per heavy atom. The van der Waals surface area contributed by atoms with E-state index < -0.39 is 17.7 Å². The molecule has 0 aromatic heterocycles. The van der Waals surface area contributed by atoms with E-state index in [9.17, 15) is 19.8 Å². The van der Waals surface area contributed by atoms with Crippen LogP contribution in [0.3, 0.4) is 0 Å². The lowest BCUT2D eigenvalue weighted by Crippen LogP contribution is -2.31. The molecule has 180 valence electrons. The van der Waals surface area contributed by atoms with E-state index in [1.54, 1.807) is 43.5 Å². The number of carbonyl (C=O) groups excluding carboxylic acids is 2. The van der Waals surface area contributed by atoms with Crippen LogP contribution in [-0.2, 0) is 20.9 Å². The van der Waals surface area contributed by atoms with Crippen molar-refractivity contribution in [1.29, 1.82) is 0 Å². The Morgan fingerprint density at radius 2 is 1.63 bits per heavy atom. The molecule has 0 saturated carbocycles. The van der Waals surface area contributed by atoms with Crippen molar-refractivity contribution in [3.63, 3.8) is 0 Å². The van der Waals surface area contributed by atoms with Crippen LogP contribution < -0.4 is 4.74 Å². The maximum Gasteiger partial charge on any atom is 0.295 e. The molecular weight excluding hydrogens is 446 g/mol. The Bertz CT molecular complexity index is 1200. The van der Waals surface area contributed by atoms with Gasteiger partial charge in [0.15, 0.2) is 0 Å². The molecule has 1 aliphatic rings. The van der Waals surface area contributed by atoms with Gasteiger partial charge in [0.2, 0.25) is 0 Å². The monoisotopic (exact) mass is 473 g/mol. The highest BCUT2D eigenvalue weighted by molar-refractivity contribution is 6.46. The highest BCUT2D eigenvalue weighted by Crippen LogP contribution is 2.40. The van der Waals surface area contributed by atoms with Gasteiger partial charge in [0.1, 0.15) is 23.9 Å². The Kier molecular flexibility index (Phi) is 7.48. The summed E-state index contributed by atoms with van der Waals surface area (Å²) in [5, 5.41) is 20.8. The van der Waals surface area contributed by atoms with Crippen LogP contribution in [0.5, 0.6) is 11.5 Å². The van der Waals surface area contributed by atoms with Crippen LogP contribution in [0.1, 0.15) is 29.2 Å². The molecule has 1 heterocycles. The molecule has 0 aliphatic carbocycles. The molecule has 0 spiro atoms. The van der Waals surface area contributed by atoms with E-state index in [0.717, 1.165) is 5.56 Å². The van der Waals surface area contributed by atoms with Gasteiger partial charge in [-0.25, -0.2) is 0 Å². The number of phenolic OH excluding ortho intramolecular Hbond substituents is 1. The number of hydrogen-bond donors (Lipinski definition) is 2. The standard InChI is InChI=1S/C28H27NO6/c1-34-17-5-16-29-25(20-8-12-22(30)13-9-20)24(27(32)28(29)33)26(31)21-10-14-23(15-11-21)35-18-19-6-3-2-4-7-19/h2-4,6-15,25,30-31H,5,16-18H2,1H3/t25-/m0/s1. The summed E-state index contributed by atoms with van der Waals surface area (Å²) in [6.07, 6.45) is 0.533. The lowest BCUT2D eigenvalue weighted by Gasteiger charge is -2.25. The molecule has 1 aliphatic heterocycles. The summed E-state index contributed by atoms with van der Waals surface area (Å²) >= 11 is 0.